The molecule has 21 heavy (non-hydrogen) atoms. The first-order valence-electron chi connectivity index (χ1n) is 6.94. The second kappa shape index (κ2) is 5.75. The molecule has 0 bridgehead atoms. The summed E-state index contributed by atoms with van der Waals surface area (Å²) in [5.74, 6) is 0.257. The van der Waals surface area contributed by atoms with E-state index in [1.807, 2.05) is 41.3 Å². The van der Waals surface area contributed by atoms with Gasteiger partial charge in [0, 0.05) is 24.6 Å². The molecule has 6 heteroatoms. The Morgan fingerprint density at radius 3 is 2.62 bits per heavy atom. The molecule has 6 nitrogen and oxygen atoms in total. The molecular formula is C15H15N5O. The maximum absolute atomic E-state index is 12.4. The molecule has 0 spiro atoms. The van der Waals surface area contributed by atoms with Crippen molar-refractivity contribution in [2.45, 2.75) is 18.8 Å². The third-order valence-corrected chi connectivity index (χ3v) is 3.87. The number of likely N-dealkylation sites (tertiary alicyclic amines) is 1. The van der Waals surface area contributed by atoms with E-state index in [4.69, 9.17) is 5.26 Å². The molecule has 106 valence electrons. The zero-order valence-electron chi connectivity index (χ0n) is 11.5. The average molecular weight is 281 g/mol. The van der Waals surface area contributed by atoms with Gasteiger partial charge in [-0.05, 0) is 25.0 Å². The van der Waals surface area contributed by atoms with Gasteiger partial charge in [-0.1, -0.05) is 18.2 Å². The lowest BCUT2D eigenvalue weighted by molar-refractivity contribution is 0.0712. The molecule has 2 aromatic rings. The highest BCUT2D eigenvalue weighted by Gasteiger charge is 2.27. The number of nitriles is 1. The second-order valence-corrected chi connectivity index (χ2v) is 5.10. The fraction of sp³-hybridized carbons (Fsp3) is 0.333. The maximum Gasteiger partial charge on any atom is 0.253 e. The second-order valence-electron chi connectivity index (χ2n) is 5.10. The van der Waals surface area contributed by atoms with E-state index in [0.29, 0.717) is 18.8 Å². The molecule has 1 amide bonds. The van der Waals surface area contributed by atoms with Crippen LogP contribution in [0.15, 0.2) is 30.3 Å². The van der Waals surface area contributed by atoms with Crippen molar-refractivity contribution >= 4 is 5.91 Å². The fourth-order valence-corrected chi connectivity index (χ4v) is 2.73. The number of amides is 1. The minimum Gasteiger partial charge on any atom is -0.339 e. The number of nitrogens with zero attached hydrogens (tertiary/aromatic N) is 4. The highest BCUT2D eigenvalue weighted by atomic mass is 16.2. The van der Waals surface area contributed by atoms with Crippen molar-refractivity contribution < 1.29 is 4.79 Å². The van der Waals surface area contributed by atoms with Gasteiger partial charge < -0.3 is 4.90 Å². The Hall–Kier alpha value is -2.68. The van der Waals surface area contributed by atoms with E-state index in [1.165, 1.54) is 0 Å². The Labute approximate surface area is 122 Å². The molecule has 1 aliphatic rings. The Balaban J connectivity index is 1.66. The van der Waals surface area contributed by atoms with Crippen molar-refractivity contribution in [1.82, 2.24) is 20.3 Å². The van der Waals surface area contributed by atoms with Crippen molar-refractivity contribution in [2.24, 2.45) is 0 Å². The van der Waals surface area contributed by atoms with Crippen LogP contribution in [0.2, 0.25) is 0 Å². The maximum atomic E-state index is 12.4. The van der Waals surface area contributed by atoms with Crippen LogP contribution in [-0.4, -0.2) is 39.3 Å². The normalized spacial score (nSPS) is 15.7. The Morgan fingerprint density at radius 2 is 1.95 bits per heavy atom. The molecule has 0 atom stereocenters. The summed E-state index contributed by atoms with van der Waals surface area (Å²) in [7, 11) is 0. The molecule has 1 saturated heterocycles. The van der Waals surface area contributed by atoms with Crippen molar-refractivity contribution in [3.8, 4) is 6.07 Å². The molecule has 3 rings (SSSR count). The summed E-state index contributed by atoms with van der Waals surface area (Å²) in [5.41, 5.74) is 1.81. The van der Waals surface area contributed by atoms with Crippen LogP contribution in [0.1, 0.15) is 40.5 Å². The number of hydrogen-bond donors (Lipinski definition) is 1. The van der Waals surface area contributed by atoms with Gasteiger partial charge in [-0.25, -0.2) is 0 Å². The summed E-state index contributed by atoms with van der Waals surface area (Å²) < 4.78 is 0. The van der Waals surface area contributed by atoms with Crippen LogP contribution in [0, 0.1) is 11.3 Å². The van der Waals surface area contributed by atoms with Gasteiger partial charge >= 0.3 is 0 Å². The van der Waals surface area contributed by atoms with E-state index in [9.17, 15) is 4.79 Å². The molecule has 0 radical (unpaired) electrons. The first-order chi connectivity index (χ1) is 10.3. The molecule has 1 fully saturated rings. The lowest BCUT2D eigenvalue weighted by Gasteiger charge is -2.31. The first kappa shape index (κ1) is 13.3. The standard InChI is InChI=1S/C15H15N5O/c16-10-13-14(18-19-17-13)11-6-8-20(9-7-11)15(21)12-4-2-1-3-5-12/h1-5,11H,6-9H2,(H,17,18,19). The van der Waals surface area contributed by atoms with Crippen LogP contribution in [0.3, 0.4) is 0 Å². The Morgan fingerprint density at radius 1 is 1.24 bits per heavy atom. The van der Waals surface area contributed by atoms with Crippen molar-refractivity contribution in [2.75, 3.05) is 13.1 Å². The van der Waals surface area contributed by atoms with E-state index < -0.39 is 0 Å². The van der Waals surface area contributed by atoms with Gasteiger partial charge in [0.05, 0.1) is 0 Å². The highest BCUT2D eigenvalue weighted by Crippen LogP contribution is 2.28. The number of rotatable bonds is 2. The lowest BCUT2D eigenvalue weighted by atomic mass is 9.92. The van der Waals surface area contributed by atoms with E-state index in [0.717, 1.165) is 24.1 Å². The van der Waals surface area contributed by atoms with Crippen molar-refractivity contribution in [1.29, 1.82) is 5.26 Å². The fourth-order valence-electron chi connectivity index (χ4n) is 2.73. The minimum atomic E-state index is 0.0645. The summed E-state index contributed by atoms with van der Waals surface area (Å²) in [6, 6.07) is 11.4. The third-order valence-electron chi connectivity index (χ3n) is 3.87. The topological polar surface area (TPSA) is 85.7 Å². The van der Waals surface area contributed by atoms with Crippen molar-refractivity contribution in [3.05, 3.63) is 47.3 Å². The van der Waals surface area contributed by atoms with E-state index in [2.05, 4.69) is 15.4 Å². The summed E-state index contributed by atoms with van der Waals surface area (Å²) in [6.07, 6.45) is 1.61. The summed E-state index contributed by atoms with van der Waals surface area (Å²) in [6.45, 7) is 1.35. The first-order valence-corrected chi connectivity index (χ1v) is 6.94. The van der Waals surface area contributed by atoms with Gasteiger partial charge in [-0.3, -0.25) is 4.79 Å². The monoisotopic (exact) mass is 281 g/mol. The molecule has 1 aromatic heterocycles. The lowest BCUT2D eigenvalue weighted by Crippen LogP contribution is -2.38. The SMILES string of the molecule is N#Cc1n[nH]nc1C1CCN(C(=O)c2ccccc2)CC1. The Kier molecular flexibility index (Phi) is 3.65. The summed E-state index contributed by atoms with van der Waals surface area (Å²) in [5, 5.41) is 19.4. The largest absolute Gasteiger partial charge is 0.339 e. The van der Waals surface area contributed by atoms with Gasteiger partial charge in [0.25, 0.3) is 5.91 Å². The van der Waals surface area contributed by atoms with E-state index in [1.54, 1.807) is 0 Å². The Bertz CT molecular complexity index is 665. The quantitative estimate of drug-likeness (QED) is 0.907. The van der Waals surface area contributed by atoms with Gasteiger partial charge in [0.15, 0.2) is 5.69 Å². The van der Waals surface area contributed by atoms with Gasteiger partial charge in [0.1, 0.15) is 11.8 Å². The van der Waals surface area contributed by atoms with Gasteiger partial charge in [-0.2, -0.15) is 15.6 Å². The van der Waals surface area contributed by atoms with Crippen LogP contribution in [0.25, 0.3) is 0 Å². The molecule has 0 unspecified atom stereocenters. The van der Waals surface area contributed by atoms with Gasteiger partial charge in [0.2, 0.25) is 0 Å². The molecular weight excluding hydrogens is 266 g/mol. The molecule has 0 saturated carbocycles. The number of aromatic amines is 1. The predicted octanol–water partition coefficient (Wildman–Crippen LogP) is 1.70. The van der Waals surface area contributed by atoms with E-state index >= 15 is 0 Å². The van der Waals surface area contributed by atoms with Crippen LogP contribution >= 0.6 is 0 Å². The number of carbonyl (C=O) groups is 1. The molecule has 0 aliphatic carbocycles. The summed E-state index contributed by atoms with van der Waals surface area (Å²) >= 11 is 0. The average Bonchev–Trinajstić information content (AvgIpc) is 3.04. The third kappa shape index (κ3) is 2.63. The minimum absolute atomic E-state index is 0.0645. The number of H-pyrrole nitrogens is 1. The van der Waals surface area contributed by atoms with Crippen LogP contribution < -0.4 is 0 Å². The van der Waals surface area contributed by atoms with Crippen molar-refractivity contribution in [3.63, 3.8) is 0 Å². The number of nitrogens with one attached hydrogen (secondary N) is 1. The smallest absolute Gasteiger partial charge is 0.253 e. The highest BCUT2D eigenvalue weighted by molar-refractivity contribution is 5.94. The number of benzene rings is 1. The summed E-state index contributed by atoms with van der Waals surface area (Å²) in [4.78, 5) is 14.2. The van der Waals surface area contributed by atoms with Gasteiger partial charge in [-0.15, -0.1) is 5.10 Å². The molecule has 1 aliphatic heterocycles. The number of carbonyl (C=O) groups excluding carboxylic acids is 1. The molecule has 1 aromatic carbocycles. The van der Waals surface area contributed by atoms with Crippen LogP contribution in [0.5, 0.6) is 0 Å². The predicted molar refractivity (Wildman–Crippen MR) is 75.4 cm³/mol. The van der Waals surface area contributed by atoms with E-state index in [-0.39, 0.29) is 11.8 Å². The zero-order valence-corrected chi connectivity index (χ0v) is 11.5. The number of aromatic nitrogens is 3. The molecule has 2 heterocycles. The molecule has 1 N–H and O–H groups in total. The zero-order chi connectivity index (χ0) is 14.7. The van der Waals surface area contributed by atoms with Crippen LogP contribution in [0.4, 0.5) is 0 Å². The number of piperidine rings is 1. The van der Waals surface area contributed by atoms with Crippen LogP contribution in [-0.2, 0) is 0 Å². The number of hydrogen-bond acceptors (Lipinski definition) is 4.